The molecular weight excluding hydrogens is 288 g/mol. The van der Waals surface area contributed by atoms with E-state index in [4.69, 9.17) is 11.6 Å². The van der Waals surface area contributed by atoms with Gasteiger partial charge in [-0.2, -0.15) is 0 Å². The van der Waals surface area contributed by atoms with E-state index >= 15 is 0 Å². The molecule has 0 aromatic carbocycles. The van der Waals surface area contributed by atoms with Crippen LogP contribution in [0.3, 0.4) is 0 Å². The van der Waals surface area contributed by atoms with Gasteiger partial charge in [0.2, 0.25) is 0 Å². The van der Waals surface area contributed by atoms with Crippen molar-refractivity contribution in [2.24, 2.45) is 5.92 Å². The summed E-state index contributed by atoms with van der Waals surface area (Å²) in [6, 6.07) is 0. The van der Waals surface area contributed by atoms with Crippen LogP contribution in [0.5, 0.6) is 0 Å². The number of nitrogens with zero attached hydrogens (tertiary/aromatic N) is 2. The van der Waals surface area contributed by atoms with Gasteiger partial charge in [0.05, 0.1) is 10.2 Å². The van der Waals surface area contributed by atoms with E-state index in [1.807, 2.05) is 6.92 Å². The minimum atomic E-state index is 0.494. The predicted molar refractivity (Wildman–Crippen MR) is 69.9 cm³/mol. The number of halogens is 2. The zero-order valence-electron chi connectivity index (χ0n) is 9.63. The lowest BCUT2D eigenvalue weighted by atomic mass is 9.82. The van der Waals surface area contributed by atoms with Crippen LogP contribution in [0.2, 0.25) is 5.15 Å². The Bertz CT molecular complexity index is 372. The van der Waals surface area contributed by atoms with Crippen LogP contribution in [-0.4, -0.2) is 9.97 Å². The van der Waals surface area contributed by atoms with E-state index in [-0.39, 0.29) is 0 Å². The second-order valence-corrected chi connectivity index (χ2v) is 5.89. The van der Waals surface area contributed by atoms with Gasteiger partial charge in [-0.15, -0.1) is 0 Å². The molecule has 1 fully saturated rings. The van der Waals surface area contributed by atoms with E-state index < -0.39 is 0 Å². The largest absolute Gasteiger partial charge is 0.237 e. The summed E-state index contributed by atoms with van der Waals surface area (Å²) in [6.07, 6.45) is 5.00. The molecule has 1 heterocycles. The van der Waals surface area contributed by atoms with Gasteiger partial charge >= 0.3 is 0 Å². The average molecular weight is 304 g/mol. The first kappa shape index (κ1) is 12.3. The van der Waals surface area contributed by atoms with Crippen LogP contribution in [0.25, 0.3) is 0 Å². The van der Waals surface area contributed by atoms with Crippen LogP contribution in [0.15, 0.2) is 4.47 Å². The van der Waals surface area contributed by atoms with E-state index in [9.17, 15) is 0 Å². The number of hydrogen-bond donors (Lipinski definition) is 0. The minimum absolute atomic E-state index is 0.494. The van der Waals surface area contributed by atoms with Crippen molar-refractivity contribution in [2.45, 2.75) is 45.4 Å². The van der Waals surface area contributed by atoms with Crippen LogP contribution in [0, 0.1) is 12.8 Å². The van der Waals surface area contributed by atoms with Gasteiger partial charge in [0.25, 0.3) is 0 Å². The average Bonchev–Trinajstić information content (AvgIpc) is 2.25. The van der Waals surface area contributed by atoms with Crippen molar-refractivity contribution in [2.75, 3.05) is 0 Å². The van der Waals surface area contributed by atoms with E-state index in [0.29, 0.717) is 11.1 Å². The monoisotopic (exact) mass is 302 g/mol. The molecule has 1 aromatic heterocycles. The van der Waals surface area contributed by atoms with Crippen molar-refractivity contribution in [3.63, 3.8) is 0 Å². The van der Waals surface area contributed by atoms with Gasteiger partial charge in [-0.05, 0) is 41.6 Å². The molecular formula is C12H16BrClN2. The predicted octanol–water partition coefficient (Wildman–Crippen LogP) is 4.49. The van der Waals surface area contributed by atoms with Gasteiger partial charge in [0, 0.05) is 5.92 Å². The fraction of sp³-hybridized carbons (Fsp3) is 0.667. The first-order chi connectivity index (χ1) is 7.58. The Morgan fingerprint density at radius 1 is 1.31 bits per heavy atom. The maximum atomic E-state index is 6.08. The molecule has 1 aliphatic rings. The Morgan fingerprint density at radius 3 is 2.69 bits per heavy atom. The Labute approximate surface area is 110 Å². The van der Waals surface area contributed by atoms with Crippen LogP contribution in [-0.2, 0) is 0 Å². The van der Waals surface area contributed by atoms with Crippen molar-refractivity contribution in [1.29, 1.82) is 0 Å². The molecule has 2 unspecified atom stereocenters. The van der Waals surface area contributed by atoms with Crippen LogP contribution >= 0.6 is 27.5 Å². The van der Waals surface area contributed by atoms with E-state index in [1.165, 1.54) is 25.7 Å². The molecule has 0 aliphatic heterocycles. The third-order valence-electron chi connectivity index (χ3n) is 3.30. The van der Waals surface area contributed by atoms with E-state index in [1.54, 1.807) is 0 Å². The van der Waals surface area contributed by atoms with Crippen molar-refractivity contribution in [3.05, 3.63) is 21.1 Å². The summed E-state index contributed by atoms with van der Waals surface area (Å²) in [4.78, 5) is 8.95. The van der Waals surface area contributed by atoms with Gasteiger partial charge in [0.1, 0.15) is 11.0 Å². The highest BCUT2D eigenvalue weighted by molar-refractivity contribution is 9.10. The summed E-state index contributed by atoms with van der Waals surface area (Å²) in [6.45, 7) is 4.27. The fourth-order valence-corrected chi connectivity index (χ4v) is 2.80. The lowest BCUT2D eigenvalue weighted by molar-refractivity contribution is 0.335. The molecule has 1 saturated carbocycles. The van der Waals surface area contributed by atoms with Gasteiger partial charge < -0.3 is 0 Å². The van der Waals surface area contributed by atoms with Crippen LogP contribution < -0.4 is 0 Å². The van der Waals surface area contributed by atoms with Crippen LogP contribution in [0.4, 0.5) is 0 Å². The standard InChI is InChI=1S/C12H16BrClN2/c1-7-4-3-5-9(6-7)12-15-8(2)10(13)11(14)16-12/h7,9H,3-6H2,1-2H3. The zero-order valence-corrected chi connectivity index (χ0v) is 12.0. The summed E-state index contributed by atoms with van der Waals surface area (Å²) >= 11 is 9.47. The first-order valence-corrected chi connectivity index (χ1v) is 6.94. The van der Waals surface area contributed by atoms with Crippen LogP contribution in [0.1, 0.15) is 50.0 Å². The van der Waals surface area contributed by atoms with Gasteiger partial charge in [-0.25, -0.2) is 9.97 Å². The second-order valence-electron chi connectivity index (χ2n) is 4.74. The summed E-state index contributed by atoms with van der Waals surface area (Å²) in [7, 11) is 0. The molecule has 2 atom stereocenters. The molecule has 2 nitrogen and oxygen atoms in total. The fourth-order valence-electron chi connectivity index (χ4n) is 2.40. The second kappa shape index (κ2) is 5.01. The van der Waals surface area contributed by atoms with Gasteiger partial charge in [-0.3, -0.25) is 0 Å². The topological polar surface area (TPSA) is 25.8 Å². The quantitative estimate of drug-likeness (QED) is 0.714. The first-order valence-electron chi connectivity index (χ1n) is 5.77. The van der Waals surface area contributed by atoms with Crippen molar-refractivity contribution >= 4 is 27.5 Å². The molecule has 2 rings (SSSR count). The Balaban J connectivity index is 2.26. The molecule has 1 aromatic rings. The maximum absolute atomic E-state index is 6.08. The molecule has 0 amide bonds. The highest BCUT2D eigenvalue weighted by atomic mass is 79.9. The molecule has 0 saturated heterocycles. The zero-order chi connectivity index (χ0) is 11.7. The van der Waals surface area contributed by atoms with E-state index in [0.717, 1.165) is 21.9 Å². The smallest absolute Gasteiger partial charge is 0.147 e. The summed E-state index contributed by atoms with van der Waals surface area (Å²) in [5.41, 5.74) is 0.938. The molecule has 0 radical (unpaired) electrons. The van der Waals surface area contributed by atoms with Gasteiger partial charge in [0.15, 0.2) is 0 Å². The molecule has 0 bridgehead atoms. The Hall–Kier alpha value is -0.150. The maximum Gasteiger partial charge on any atom is 0.147 e. The van der Waals surface area contributed by atoms with Gasteiger partial charge in [-0.1, -0.05) is 31.4 Å². The van der Waals surface area contributed by atoms with Crippen molar-refractivity contribution in [1.82, 2.24) is 9.97 Å². The Kier molecular flexibility index (Phi) is 3.85. The summed E-state index contributed by atoms with van der Waals surface area (Å²) in [5.74, 6) is 2.20. The highest BCUT2D eigenvalue weighted by Crippen LogP contribution is 2.35. The molecule has 4 heteroatoms. The Morgan fingerprint density at radius 2 is 2.06 bits per heavy atom. The number of hydrogen-bond acceptors (Lipinski definition) is 2. The molecule has 0 N–H and O–H groups in total. The minimum Gasteiger partial charge on any atom is -0.237 e. The number of aryl methyl sites for hydroxylation is 1. The SMILES string of the molecule is Cc1nc(C2CCCC(C)C2)nc(Cl)c1Br. The summed E-state index contributed by atoms with van der Waals surface area (Å²) in [5, 5.41) is 0.542. The number of rotatable bonds is 1. The lowest BCUT2D eigenvalue weighted by Crippen LogP contribution is -2.15. The van der Waals surface area contributed by atoms with Crippen molar-refractivity contribution < 1.29 is 0 Å². The molecule has 16 heavy (non-hydrogen) atoms. The third kappa shape index (κ3) is 2.57. The van der Waals surface area contributed by atoms with Crippen molar-refractivity contribution in [3.8, 4) is 0 Å². The third-order valence-corrected chi connectivity index (χ3v) is 4.75. The molecule has 1 aliphatic carbocycles. The number of aromatic nitrogens is 2. The normalized spacial score (nSPS) is 25.8. The highest BCUT2D eigenvalue weighted by Gasteiger charge is 2.23. The van der Waals surface area contributed by atoms with E-state index in [2.05, 4.69) is 32.8 Å². The lowest BCUT2D eigenvalue weighted by Gasteiger charge is -2.25. The summed E-state index contributed by atoms with van der Waals surface area (Å²) < 4.78 is 0.821. The molecule has 88 valence electrons. The molecule has 0 spiro atoms.